The molecule has 1 N–H and O–H groups in total. The zero-order valence-electron chi connectivity index (χ0n) is 8.28. The molecule has 0 saturated carbocycles. The summed E-state index contributed by atoms with van der Waals surface area (Å²) < 4.78 is 11.0. The SMILES string of the molecule is C=C=CC(O)[C@@H]1OC(C)(C)O[C@H]1C. The monoisotopic (exact) mass is 184 g/mol. The van der Waals surface area contributed by atoms with Crippen LogP contribution < -0.4 is 0 Å². The van der Waals surface area contributed by atoms with Crippen molar-refractivity contribution in [3.63, 3.8) is 0 Å². The van der Waals surface area contributed by atoms with E-state index in [0.717, 1.165) is 0 Å². The van der Waals surface area contributed by atoms with Crippen molar-refractivity contribution < 1.29 is 14.6 Å². The van der Waals surface area contributed by atoms with E-state index in [1.807, 2.05) is 20.8 Å². The maximum Gasteiger partial charge on any atom is 0.163 e. The first kappa shape index (κ1) is 10.5. The van der Waals surface area contributed by atoms with E-state index in [-0.39, 0.29) is 12.2 Å². The molecule has 0 spiro atoms. The van der Waals surface area contributed by atoms with E-state index in [9.17, 15) is 5.11 Å². The number of rotatable bonds is 2. The van der Waals surface area contributed by atoms with E-state index in [1.54, 1.807) is 0 Å². The fraction of sp³-hybridized carbons (Fsp3) is 0.700. The lowest BCUT2D eigenvalue weighted by Gasteiger charge is -2.18. The second-order valence-electron chi connectivity index (χ2n) is 3.67. The molecular formula is C10H16O3. The van der Waals surface area contributed by atoms with Gasteiger partial charge in [0.2, 0.25) is 0 Å². The summed E-state index contributed by atoms with van der Waals surface area (Å²) in [5.41, 5.74) is 2.53. The Morgan fingerprint density at radius 1 is 1.54 bits per heavy atom. The van der Waals surface area contributed by atoms with Gasteiger partial charge in [-0.2, -0.15) is 0 Å². The molecular weight excluding hydrogens is 168 g/mol. The van der Waals surface area contributed by atoms with Crippen LogP contribution in [0.4, 0.5) is 0 Å². The molecule has 74 valence electrons. The van der Waals surface area contributed by atoms with Crippen LogP contribution in [0.2, 0.25) is 0 Å². The van der Waals surface area contributed by atoms with E-state index in [4.69, 9.17) is 9.47 Å². The van der Waals surface area contributed by atoms with Crippen LogP contribution in [0.5, 0.6) is 0 Å². The molecule has 1 unspecified atom stereocenters. The Hall–Kier alpha value is -0.600. The molecule has 0 amide bonds. The minimum absolute atomic E-state index is 0.116. The fourth-order valence-electron chi connectivity index (χ4n) is 1.53. The molecule has 3 atom stereocenters. The molecule has 1 heterocycles. The Bertz CT molecular complexity index is 228. The number of aliphatic hydroxyl groups excluding tert-OH is 1. The Kier molecular flexibility index (Phi) is 2.94. The molecule has 0 aromatic heterocycles. The van der Waals surface area contributed by atoms with Gasteiger partial charge in [-0.1, -0.05) is 6.58 Å². The first-order chi connectivity index (χ1) is 5.96. The highest BCUT2D eigenvalue weighted by Crippen LogP contribution is 2.29. The summed E-state index contributed by atoms with van der Waals surface area (Å²) in [6, 6.07) is 0. The first-order valence-corrected chi connectivity index (χ1v) is 4.36. The molecule has 1 aliphatic heterocycles. The summed E-state index contributed by atoms with van der Waals surface area (Å²) in [7, 11) is 0. The Morgan fingerprint density at radius 2 is 2.15 bits per heavy atom. The molecule has 0 aromatic carbocycles. The smallest absolute Gasteiger partial charge is 0.163 e. The summed E-state index contributed by atoms with van der Waals surface area (Å²) in [5, 5.41) is 9.59. The van der Waals surface area contributed by atoms with Crippen LogP contribution in [0.25, 0.3) is 0 Å². The summed E-state index contributed by atoms with van der Waals surface area (Å²) >= 11 is 0. The van der Waals surface area contributed by atoms with Crippen LogP contribution in [0, 0.1) is 0 Å². The average Bonchev–Trinajstić information content (AvgIpc) is 2.25. The van der Waals surface area contributed by atoms with E-state index >= 15 is 0 Å². The number of aliphatic hydroxyl groups is 1. The third kappa shape index (κ3) is 2.42. The van der Waals surface area contributed by atoms with Gasteiger partial charge in [-0.3, -0.25) is 0 Å². The quantitative estimate of drug-likeness (QED) is 0.656. The van der Waals surface area contributed by atoms with Gasteiger partial charge >= 0.3 is 0 Å². The van der Waals surface area contributed by atoms with Gasteiger partial charge in [-0.25, -0.2) is 0 Å². The summed E-state index contributed by atoms with van der Waals surface area (Å²) in [5.74, 6) is -0.611. The summed E-state index contributed by atoms with van der Waals surface area (Å²) in [6.45, 7) is 8.93. The maximum atomic E-state index is 9.59. The fourth-order valence-corrected chi connectivity index (χ4v) is 1.53. The lowest BCUT2D eigenvalue weighted by molar-refractivity contribution is -0.151. The van der Waals surface area contributed by atoms with Crippen LogP contribution >= 0.6 is 0 Å². The predicted octanol–water partition coefficient (Wildman–Crippen LogP) is 1.23. The lowest BCUT2D eigenvalue weighted by Crippen LogP contribution is -2.32. The highest BCUT2D eigenvalue weighted by Gasteiger charge is 2.41. The molecule has 3 heteroatoms. The van der Waals surface area contributed by atoms with Crippen molar-refractivity contribution in [2.24, 2.45) is 0 Å². The highest BCUT2D eigenvalue weighted by molar-refractivity contribution is 4.95. The van der Waals surface area contributed by atoms with Crippen LogP contribution in [-0.4, -0.2) is 29.2 Å². The minimum Gasteiger partial charge on any atom is -0.386 e. The predicted molar refractivity (Wildman–Crippen MR) is 49.2 cm³/mol. The number of hydrogen-bond acceptors (Lipinski definition) is 3. The molecule has 1 saturated heterocycles. The molecule has 0 radical (unpaired) electrons. The zero-order valence-corrected chi connectivity index (χ0v) is 8.28. The summed E-state index contributed by atoms with van der Waals surface area (Å²) in [6.07, 6.45) is 0.333. The number of hydrogen-bond donors (Lipinski definition) is 1. The van der Waals surface area contributed by atoms with Gasteiger partial charge in [0.1, 0.15) is 12.2 Å². The highest BCUT2D eigenvalue weighted by atomic mass is 16.8. The van der Waals surface area contributed by atoms with Gasteiger partial charge in [-0.05, 0) is 26.8 Å². The van der Waals surface area contributed by atoms with E-state index in [0.29, 0.717) is 0 Å². The van der Waals surface area contributed by atoms with Crippen molar-refractivity contribution in [3.05, 3.63) is 18.4 Å². The Balaban J connectivity index is 2.67. The topological polar surface area (TPSA) is 38.7 Å². The summed E-state index contributed by atoms with van der Waals surface area (Å²) in [4.78, 5) is 0. The average molecular weight is 184 g/mol. The molecule has 1 aliphatic rings. The standard InChI is InChI=1S/C10H16O3/c1-5-6-8(11)9-7(2)12-10(3,4)13-9/h6-9,11H,1H2,2-4H3/t7-,8?,9+/m0/s1. The van der Waals surface area contributed by atoms with Crippen LogP contribution in [0.15, 0.2) is 18.4 Å². The molecule has 1 rings (SSSR count). The largest absolute Gasteiger partial charge is 0.386 e. The van der Waals surface area contributed by atoms with Crippen molar-refractivity contribution in [2.45, 2.75) is 44.9 Å². The third-order valence-electron chi connectivity index (χ3n) is 1.98. The normalized spacial score (nSPS) is 33.8. The van der Waals surface area contributed by atoms with Gasteiger partial charge in [-0.15, -0.1) is 5.73 Å². The second kappa shape index (κ2) is 3.64. The molecule has 1 fully saturated rings. The molecule has 0 aliphatic carbocycles. The molecule has 13 heavy (non-hydrogen) atoms. The first-order valence-electron chi connectivity index (χ1n) is 4.36. The van der Waals surface area contributed by atoms with E-state index in [1.165, 1.54) is 6.08 Å². The third-order valence-corrected chi connectivity index (χ3v) is 1.98. The van der Waals surface area contributed by atoms with Crippen molar-refractivity contribution in [2.75, 3.05) is 0 Å². The zero-order chi connectivity index (χ0) is 10.1. The van der Waals surface area contributed by atoms with Crippen molar-refractivity contribution in [3.8, 4) is 0 Å². The van der Waals surface area contributed by atoms with E-state index in [2.05, 4.69) is 12.3 Å². The Labute approximate surface area is 78.7 Å². The lowest BCUT2D eigenvalue weighted by atomic mass is 10.1. The van der Waals surface area contributed by atoms with Crippen LogP contribution in [0.3, 0.4) is 0 Å². The molecule has 0 bridgehead atoms. The van der Waals surface area contributed by atoms with Gasteiger partial charge in [0.15, 0.2) is 5.79 Å². The maximum absolute atomic E-state index is 9.59. The van der Waals surface area contributed by atoms with Gasteiger partial charge < -0.3 is 14.6 Å². The van der Waals surface area contributed by atoms with E-state index < -0.39 is 11.9 Å². The molecule has 3 nitrogen and oxygen atoms in total. The minimum atomic E-state index is -0.700. The number of ether oxygens (including phenoxy) is 2. The van der Waals surface area contributed by atoms with Crippen molar-refractivity contribution in [1.82, 2.24) is 0 Å². The van der Waals surface area contributed by atoms with Crippen LogP contribution in [0.1, 0.15) is 20.8 Å². The molecule has 0 aromatic rings. The van der Waals surface area contributed by atoms with Crippen molar-refractivity contribution in [1.29, 1.82) is 0 Å². The second-order valence-corrected chi connectivity index (χ2v) is 3.67. The van der Waals surface area contributed by atoms with Gasteiger partial charge in [0, 0.05) is 0 Å². The van der Waals surface area contributed by atoms with Crippen LogP contribution in [-0.2, 0) is 9.47 Å². The van der Waals surface area contributed by atoms with Gasteiger partial charge in [0.05, 0.1) is 6.10 Å². The van der Waals surface area contributed by atoms with Gasteiger partial charge in [0.25, 0.3) is 0 Å². The van der Waals surface area contributed by atoms with Crippen molar-refractivity contribution >= 4 is 0 Å². The Morgan fingerprint density at radius 3 is 2.54 bits per heavy atom.